The Kier molecular flexibility index (Phi) is 7.80. The number of aryl methyl sites for hydroxylation is 1. The number of hydrogen-bond acceptors (Lipinski definition) is 3. The fourth-order valence-electron chi connectivity index (χ4n) is 4.57. The predicted molar refractivity (Wildman–Crippen MR) is 123 cm³/mol. The Morgan fingerprint density at radius 2 is 1.90 bits per heavy atom. The molecule has 6 heteroatoms. The van der Waals surface area contributed by atoms with Crippen molar-refractivity contribution in [2.45, 2.75) is 52.2 Å². The van der Waals surface area contributed by atoms with Gasteiger partial charge in [0.1, 0.15) is 12.6 Å². The van der Waals surface area contributed by atoms with Gasteiger partial charge < -0.3 is 25.0 Å². The van der Waals surface area contributed by atoms with Gasteiger partial charge in [-0.3, -0.25) is 0 Å². The molecule has 2 aromatic rings. The quantitative estimate of drug-likeness (QED) is 0.608. The van der Waals surface area contributed by atoms with Crippen LogP contribution >= 0.6 is 0 Å². The van der Waals surface area contributed by atoms with Crippen LogP contribution in [-0.4, -0.2) is 39.4 Å². The Morgan fingerprint density at radius 1 is 1.19 bits per heavy atom. The zero-order valence-electron chi connectivity index (χ0n) is 19.4. The van der Waals surface area contributed by atoms with Crippen LogP contribution < -0.4 is 25.0 Å². The minimum atomic E-state index is -0.114. The van der Waals surface area contributed by atoms with Crippen molar-refractivity contribution < 1.29 is 19.2 Å². The Labute approximate surface area is 185 Å². The molecule has 1 unspecified atom stereocenters. The molecule has 2 aromatic carbocycles. The van der Waals surface area contributed by atoms with Crippen molar-refractivity contribution in [3.63, 3.8) is 0 Å². The van der Waals surface area contributed by atoms with Gasteiger partial charge in [0, 0.05) is 24.1 Å². The number of nitrogens with one attached hydrogen (secondary N) is 3. The first-order valence-electron chi connectivity index (χ1n) is 11.2. The van der Waals surface area contributed by atoms with Crippen LogP contribution in [0.25, 0.3) is 0 Å². The molecule has 1 aliphatic heterocycles. The van der Waals surface area contributed by atoms with E-state index in [0.29, 0.717) is 6.54 Å². The van der Waals surface area contributed by atoms with Gasteiger partial charge in [0.2, 0.25) is 0 Å². The van der Waals surface area contributed by atoms with Crippen LogP contribution in [0.4, 0.5) is 4.79 Å². The second kappa shape index (κ2) is 10.5. The summed E-state index contributed by atoms with van der Waals surface area (Å²) in [5, 5.41) is 6.12. The van der Waals surface area contributed by atoms with E-state index >= 15 is 0 Å². The third-order valence-corrected chi connectivity index (χ3v) is 6.21. The summed E-state index contributed by atoms with van der Waals surface area (Å²) in [6, 6.07) is 12.7. The number of carbonyl (C=O) groups is 1. The first-order chi connectivity index (χ1) is 15.0. The Morgan fingerprint density at radius 3 is 2.58 bits per heavy atom. The Balaban J connectivity index is 1.95. The third kappa shape index (κ3) is 5.31. The largest absolute Gasteiger partial charge is 0.493 e. The van der Waals surface area contributed by atoms with Crippen LogP contribution in [0.1, 0.15) is 48.6 Å². The maximum Gasteiger partial charge on any atom is 0.315 e. The van der Waals surface area contributed by atoms with Crippen LogP contribution in [0.5, 0.6) is 11.5 Å². The molecule has 3 atom stereocenters. The van der Waals surface area contributed by atoms with Gasteiger partial charge in [-0.05, 0) is 43.5 Å². The predicted octanol–water partition coefficient (Wildman–Crippen LogP) is 2.79. The molecule has 0 aromatic heterocycles. The van der Waals surface area contributed by atoms with Gasteiger partial charge in [-0.15, -0.1) is 0 Å². The number of quaternary nitrogens is 1. The molecule has 2 amide bonds. The first kappa shape index (κ1) is 22.9. The summed E-state index contributed by atoms with van der Waals surface area (Å²) in [4.78, 5) is 13.9. The van der Waals surface area contributed by atoms with Crippen LogP contribution in [0.2, 0.25) is 0 Å². The van der Waals surface area contributed by atoms with Crippen LogP contribution in [0, 0.1) is 6.92 Å². The molecule has 0 fully saturated rings. The van der Waals surface area contributed by atoms with E-state index in [9.17, 15) is 4.79 Å². The fourth-order valence-corrected chi connectivity index (χ4v) is 4.57. The summed E-state index contributed by atoms with van der Waals surface area (Å²) in [6.07, 6.45) is 1.87. The number of urea groups is 1. The average Bonchev–Trinajstić information content (AvgIpc) is 2.77. The van der Waals surface area contributed by atoms with E-state index in [0.717, 1.165) is 37.4 Å². The molecule has 6 nitrogen and oxygen atoms in total. The number of benzene rings is 2. The Bertz CT molecular complexity index is 900. The second-order valence-electron chi connectivity index (χ2n) is 8.33. The van der Waals surface area contributed by atoms with Gasteiger partial charge in [-0.2, -0.15) is 0 Å². The molecule has 1 heterocycles. The zero-order chi connectivity index (χ0) is 22.4. The third-order valence-electron chi connectivity index (χ3n) is 6.21. The minimum Gasteiger partial charge on any atom is -0.493 e. The van der Waals surface area contributed by atoms with E-state index in [1.54, 1.807) is 14.2 Å². The second-order valence-corrected chi connectivity index (χ2v) is 8.33. The lowest BCUT2D eigenvalue weighted by Gasteiger charge is -2.38. The van der Waals surface area contributed by atoms with E-state index in [4.69, 9.17) is 9.47 Å². The molecule has 31 heavy (non-hydrogen) atoms. The zero-order valence-corrected chi connectivity index (χ0v) is 19.4. The molecule has 0 aliphatic carbocycles. The highest BCUT2D eigenvalue weighted by molar-refractivity contribution is 5.74. The van der Waals surface area contributed by atoms with E-state index < -0.39 is 0 Å². The highest BCUT2D eigenvalue weighted by Crippen LogP contribution is 2.35. The van der Waals surface area contributed by atoms with Crippen molar-refractivity contribution in [3.05, 3.63) is 58.7 Å². The van der Waals surface area contributed by atoms with Gasteiger partial charge in [-0.1, -0.05) is 31.2 Å². The van der Waals surface area contributed by atoms with Crippen molar-refractivity contribution in [1.82, 2.24) is 10.6 Å². The average molecular weight is 427 g/mol. The number of ether oxygens (including phenoxy) is 2. The molecule has 168 valence electrons. The highest BCUT2D eigenvalue weighted by Gasteiger charge is 2.37. The normalized spacial score (nSPS) is 18.6. The van der Waals surface area contributed by atoms with Crippen molar-refractivity contribution in [3.8, 4) is 11.5 Å². The maximum atomic E-state index is 12.4. The first-order valence-corrected chi connectivity index (χ1v) is 11.2. The molecule has 3 N–H and O–H groups in total. The lowest BCUT2D eigenvalue weighted by molar-refractivity contribution is -0.948. The standard InChI is InChI=1S/C25H35N3O3/c1-6-12-26-25(29)27-18(3)24-21-15-23(31-5)22(30-4)14-19(21)11-13-28(24)16-20-10-8-7-9-17(20)2/h7-10,14-15,18,24H,6,11-13,16H2,1-5H3,(H2,26,27,29)/p+1/t18-,24+/m0/s1. The van der Waals surface area contributed by atoms with Gasteiger partial charge >= 0.3 is 6.03 Å². The number of methoxy groups -OCH3 is 2. The van der Waals surface area contributed by atoms with Gasteiger partial charge in [0.15, 0.2) is 11.5 Å². The summed E-state index contributed by atoms with van der Waals surface area (Å²) < 4.78 is 11.1. The molecule has 1 aliphatic rings. The number of carbonyl (C=O) groups excluding carboxylic acids is 1. The molecule has 0 saturated carbocycles. The smallest absolute Gasteiger partial charge is 0.315 e. The van der Waals surface area contributed by atoms with Gasteiger partial charge in [0.25, 0.3) is 0 Å². The highest BCUT2D eigenvalue weighted by atomic mass is 16.5. The summed E-state index contributed by atoms with van der Waals surface area (Å²) in [7, 11) is 3.34. The van der Waals surface area contributed by atoms with Crippen molar-refractivity contribution in [2.75, 3.05) is 27.3 Å². The fraction of sp³-hybridized carbons (Fsp3) is 0.480. The molecule has 0 radical (unpaired) electrons. The summed E-state index contributed by atoms with van der Waals surface area (Å²) in [5.74, 6) is 1.48. The molecular formula is C25H36N3O3+. The van der Waals surface area contributed by atoms with Crippen LogP contribution in [0.15, 0.2) is 36.4 Å². The lowest BCUT2D eigenvalue weighted by Crippen LogP contribution is -3.13. The van der Waals surface area contributed by atoms with Gasteiger partial charge in [-0.25, -0.2) is 4.79 Å². The van der Waals surface area contributed by atoms with Crippen molar-refractivity contribution in [1.29, 1.82) is 0 Å². The van der Waals surface area contributed by atoms with Gasteiger partial charge in [0.05, 0.1) is 26.8 Å². The van der Waals surface area contributed by atoms with Crippen molar-refractivity contribution >= 4 is 6.03 Å². The number of hydrogen-bond donors (Lipinski definition) is 3. The monoisotopic (exact) mass is 426 g/mol. The van der Waals surface area contributed by atoms with Crippen LogP contribution in [-0.2, 0) is 13.0 Å². The summed E-state index contributed by atoms with van der Waals surface area (Å²) in [5.41, 5.74) is 5.12. The summed E-state index contributed by atoms with van der Waals surface area (Å²) in [6.45, 7) is 8.88. The molecular weight excluding hydrogens is 390 g/mol. The lowest BCUT2D eigenvalue weighted by atomic mass is 9.87. The molecule has 0 saturated heterocycles. The van der Waals surface area contributed by atoms with E-state index in [2.05, 4.69) is 67.8 Å². The number of amides is 2. The number of fused-ring (bicyclic) bond motifs is 1. The SMILES string of the molecule is CCCNC(=O)N[C@@H](C)[C@@H]1c2cc(OC)c(OC)cc2CC[NH+]1Cc1ccccc1C. The summed E-state index contributed by atoms with van der Waals surface area (Å²) >= 11 is 0. The minimum absolute atomic E-state index is 0.0481. The van der Waals surface area contributed by atoms with E-state index in [-0.39, 0.29) is 18.1 Å². The van der Waals surface area contributed by atoms with E-state index in [1.807, 2.05) is 0 Å². The molecule has 0 spiro atoms. The molecule has 3 rings (SSSR count). The maximum absolute atomic E-state index is 12.4. The molecule has 0 bridgehead atoms. The number of rotatable bonds is 8. The topological polar surface area (TPSA) is 64.0 Å². The van der Waals surface area contributed by atoms with E-state index in [1.165, 1.54) is 27.2 Å². The Hall–Kier alpha value is -2.73. The van der Waals surface area contributed by atoms with Crippen LogP contribution in [0.3, 0.4) is 0 Å². The van der Waals surface area contributed by atoms with Crippen molar-refractivity contribution in [2.24, 2.45) is 0 Å².